The fraction of sp³-hybridized carbons (Fsp3) is 0.0667. The number of hydrogen-bond donors (Lipinski definition) is 3. The largest absolute Gasteiger partial charge is 0.497 e. The number of sulfone groups is 1. The summed E-state index contributed by atoms with van der Waals surface area (Å²) in [6.45, 7) is 1.92. The van der Waals surface area contributed by atoms with E-state index in [-0.39, 0.29) is 15.4 Å². The molecule has 5 aromatic rings. The van der Waals surface area contributed by atoms with Gasteiger partial charge in [-0.05, 0) is 104 Å². The number of benzene rings is 4. The lowest BCUT2D eigenvalue weighted by Crippen LogP contribution is -2.03. The van der Waals surface area contributed by atoms with Crippen molar-refractivity contribution in [3.8, 4) is 5.75 Å². The van der Waals surface area contributed by atoms with Crippen molar-refractivity contribution >= 4 is 49.5 Å². The third kappa shape index (κ3) is 5.53. The van der Waals surface area contributed by atoms with Gasteiger partial charge in [0.1, 0.15) is 5.75 Å². The second-order valence-corrected chi connectivity index (χ2v) is 10.8. The Morgan fingerprint density at radius 2 is 1.31 bits per heavy atom. The quantitative estimate of drug-likeness (QED) is 0.203. The summed E-state index contributed by atoms with van der Waals surface area (Å²) in [7, 11) is -2.12. The molecule has 0 amide bonds. The minimum Gasteiger partial charge on any atom is -0.497 e. The second kappa shape index (κ2) is 10.5. The molecule has 0 spiro atoms. The van der Waals surface area contributed by atoms with E-state index in [2.05, 4.69) is 15.6 Å². The molecule has 196 valence electrons. The number of fused-ring (bicyclic) bond motifs is 1. The molecule has 8 nitrogen and oxygen atoms in total. The minimum absolute atomic E-state index is 0.165. The molecule has 0 atom stereocenters. The fourth-order valence-corrected chi connectivity index (χ4v) is 5.42. The minimum atomic E-state index is -3.73. The van der Waals surface area contributed by atoms with E-state index in [0.717, 1.165) is 33.7 Å². The highest BCUT2D eigenvalue weighted by molar-refractivity contribution is 7.91. The number of carboxylic acids is 1. The number of carbonyl (C=O) groups is 1. The first kappa shape index (κ1) is 25.7. The number of nitrogens with one attached hydrogen (secondary N) is 2. The van der Waals surface area contributed by atoms with Gasteiger partial charge in [0.05, 0.1) is 28.0 Å². The van der Waals surface area contributed by atoms with Crippen molar-refractivity contribution in [1.82, 2.24) is 4.98 Å². The predicted molar refractivity (Wildman–Crippen MR) is 151 cm³/mol. The van der Waals surface area contributed by atoms with Crippen LogP contribution in [0.1, 0.15) is 16.1 Å². The molecule has 1 heterocycles. The van der Waals surface area contributed by atoms with Gasteiger partial charge in [0, 0.05) is 33.8 Å². The summed E-state index contributed by atoms with van der Waals surface area (Å²) < 4.78 is 31.8. The summed E-state index contributed by atoms with van der Waals surface area (Å²) in [6, 6.07) is 26.9. The standard InChI is InChI=1S/C30H25N3O5S/c1-19-17-29(27-18-24(38-2)11-16-28(27)31-19)33-23-9-14-26(15-10-23)39(36,37)25-12-7-22(8-13-25)32-21-5-3-20(4-6-21)30(34)35/h3-18,32H,1-2H3,(H,31,33)(H,34,35). The first-order valence-corrected chi connectivity index (χ1v) is 13.5. The average Bonchev–Trinajstić information content (AvgIpc) is 2.94. The van der Waals surface area contributed by atoms with Gasteiger partial charge in [0.2, 0.25) is 9.84 Å². The van der Waals surface area contributed by atoms with E-state index in [1.807, 2.05) is 31.2 Å². The maximum atomic E-state index is 13.2. The average molecular weight is 540 g/mol. The summed E-state index contributed by atoms with van der Waals surface area (Å²) in [5, 5.41) is 16.4. The number of nitrogens with zero attached hydrogens (tertiary/aromatic N) is 1. The van der Waals surface area contributed by atoms with E-state index in [1.165, 1.54) is 24.3 Å². The number of aromatic nitrogens is 1. The number of pyridine rings is 1. The molecule has 0 unspecified atom stereocenters. The van der Waals surface area contributed by atoms with Gasteiger partial charge in [0.25, 0.3) is 0 Å². The van der Waals surface area contributed by atoms with Crippen LogP contribution in [0.5, 0.6) is 5.75 Å². The Kier molecular flexibility index (Phi) is 6.91. The number of rotatable bonds is 8. The van der Waals surface area contributed by atoms with Gasteiger partial charge >= 0.3 is 5.97 Å². The summed E-state index contributed by atoms with van der Waals surface area (Å²) in [5.41, 5.74) is 4.80. The van der Waals surface area contributed by atoms with Crippen LogP contribution in [0, 0.1) is 6.92 Å². The zero-order chi connectivity index (χ0) is 27.6. The van der Waals surface area contributed by atoms with E-state index in [9.17, 15) is 13.2 Å². The lowest BCUT2D eigenvalue weighted by molar-refractivity contribution is 0.0697. The number of methoxy groups -OCH3 is 1. The third-order valence-corrected chi connectivity index (χ3v) is 7.96. The van der Waals surface area contributed by atoms with Crippen LogP contribution in [-0.2, 0) is 9.84 Å². The second-order valence-electron chi connectivity index (χ2n) is 8.88. The number of anilines is 4. The first-order valence-electron chi connectivity index (χ1n) is 12.0. The van der Waals surface area contributed by atoms with Crippen LogP contribution in [0.4, 0.5) is 22.7 Å². The maximum absolute atomic E-state index is 13.2. The SMILES string of the molecule is COc1ccc2nc(C)cc(Nc3ccc(S(=O)(=O)c4ccc(Nc5ccc(C(=O)O)cc5)cc4)cc3)c2c1. The molecular formula is C30H25N3O5S. The van der Waals surface area contributed by atoms with Crippen molar-refractivity contribution in [2.24, 2.45) is 0 Å². The van der Waals surface area contributed by atoms with Gasteiger partial charge < -0.3 is 20.5 Å². The Bertz CT molecular complexity index is 1770. The Hall–Kier alpha value is -4.89. The van der Waals surface area contributed by atoms with Crippen molar-refractivity contribution < 1.29 is 23.1 Å². The molecule has 0 aliphatic rings. The van der Waals surface area contributed by atoms with Gasteiger partial charge in [0.15, 0.2) is 0 Å². The van der Waals surface area contributed by atoms with Crippen LogP contribution >= 0.6 is 0 Å². The molecule has 0 bridgehead atoms. The van der Waals surface area contributed by atoms with E-state index < -0.39 is 15.8 Å². The number of carboxylic acid groups (broad SMARTS) is 1. The molecule has 0 aliphatic heterocycles. The topological polar surface area (TPSA) is 118 Å². The Morgan fingerprint density at radius 1 is 0.769 bits per heavy atom. The third-order valence-electron chi connectivity index (χ3n) is 6.17. The van der Waals surface area contributed by atoms with Crippen molar-refractivity contribution in [2.75, 3.05) is 17.7 Å². The summed E-state index contributed by atoms with van der Waals surface area (Å²) in [4.78, 5) is 15.9. The van der Waals surface area contributed by atoms with Crippen LogP contribution in [0.15, 0.2) is 107 Å². The monoisotopic (exact) mass is 539 g/mol. The molecular weight excluding hydrogens is 514 g/mol. The summed E-state index contributed by atoms with van der Waals surface area (Å²) >= 11 is 0. The summed E-state index contributed by atoms with van der Waals surface area (Å²) in [6.07, 6.45) is 0. The molecule has 5 rings (SSSR count). The van der Waals surface area contributed by atoms with Crippen molar-refractivity contribution in [2.45, 2.75) is 16.7 Å². The van der Waals surface area contributed by atoms with Gasteiger partial charge in [-0.15, -0.1) is 0 Å². The lowest BCUT2D eigenvalue weighted by Gasteiger charge is -2.13. The number of ether oxygens (including phenoxy) is 1. The highest BCUT2D eigenvalue weighted by atomic mass is 32.2. The highest BCUT2D eigenvalue weighted by Gasteiger charge is 2.18. The normalized spacial score (nSPS) is 11.2. The zero-order valence-corrected chi connectivity index (χ0v) is 22.0. The van der Waals surface area contributed by atoms with Crippen LogP contribution in [-0.4, -0.2) is 31.6 Å². The highest BCUT2D eigenvalue weighted by Crippen LogP contribution is 2.31. The molecule has 0 fully saturated rings. The molecule has 0 radical (unpaired) electrons. The number of hydrogen-bond acceptors (Lipinski definition) is 7. The van der Waals surface area contributed by atoms with Crippen molar-refractivity contribution in [3.63, 3.8) is 0 Å². The Labute approximate surface area is 225 Å². The van der Waals surface area contributed by atoms with Gasteiger partial charge in [-0.2, -0.15) is 0 Å². The molecule has 0 saturated heterocycles. The van der Waals surface area contributed by atoms with Crippen LogP contribution in [0.2, 0.25) is 0 Å². The van der Waals surface area contributed by atoms with Crippen molar-refractivity contribution in [1.29, 1.82) is 0 Å². The van der Waals surface area contributed by atoms with E-state index in [1.54, 1.807) is 55.6 Å². The smallest absolute Gasteiger partial charge is 0.335 e. The lowest BCUT2D eigenvalue weighted by atomic mass is 10.1. The van der Waals surface area contributed by atoms with Gasteiger partial charge in [-0.25, -0.2) is 13.2 Å². The van der Waals surface area contributed by atoms with Crippen LogP contribution in [0.3, 0.4) is 0 Å². The zero-order valence-electron chi connectivity index (χ0n) is 21.2. The molecule has 9 heteroatoms. The van der Waals surface area contributed by atoms with E-state index in [4.69, 9.17) is 9.84 Å². The Morgan fingerprint density at radius 3 is 1.85 bits per heavy atom. The van der Waals surface area contributed by atoms with Crippen LogP contribution in [0.25, 0.3) is 10.9 Å². The van der Waals surface area contributed by atoms with E-state index >= 15 is 0 Å². The fourth-order valence-electron chi connectivity index (χ4n) is 4.16. The maximum Gasteiger partial charge on any atom is 0.335 e. The molecule has 3 N–H and O–H groups in total. The number of aryl methyl sites for hydroxylation is 1. The van der Waals surface area contributed by atoms with E-state index in [0.29, 0.717) is 11.4 Å². The van der Waals surface area contributed by atoms with Crippen LogP contribution < -0.4 is 15.4 Å². The first-order chi connectivity index (χ1) is 18.7. The van der Waals surface area contributed by atoms with Gasteiger partial charge in [-0.3, -0.25) is 4.98 Å². The molecule has 39 heavy (non-hydrogen) atoms. The molecule has 4 aromatic carbocycles. The summed E-state index contributed by atoms with van der Waals surface area (Å²) in [5.74, 6) is -0.281. The predicted octanol–water partition coefficient (Wildman–Crippen LogP) is 6.57. The molecule has 1 aromatic heterocycles. The molecule has 0 saturated carbocycles. The van der Waals surface area contributed by atoms with Gasteiger partial charge in [-0.1, -0.05) is 0 Å². The number of aromatic carboxylic acids is 1. The molecule has 0 aliphatic carbocycles. The van der Waals surface area contributed by atoms with Crippen molar-refractivity contribution in [3.05, 3.63) is 108 Å². The Balaban J connectivity index is 1.33.